The van der Waals surface area contributed by atoms with E-state index < -0.39 is 28.5 Å². The first-order valence-corrected chi connectivity index (χ1v) is 13.7. The van der Waals surface area contributed by atoms with Gasteiger partial charge in [0.2, 0.25) is 21.8 Å². The fraction of sp³-hybridized carbons (Fsp3) is 0.417. The van der Waals surface area contributed by atoms with Crippen molar-refractivity contribution in [3.8, 4) is 5.75 Å². The first kappa shape index (κ1) is 28.7. The Morgan fingerprint density at radius 1 is 1.09 bits per heavy atom. The zero-order valence-corrected chi connectivity index (χ0v) is 22.6. The number of methoxy groups -OCH3 is 1. The third kappa shape index (κ3) is 8.02. The average Bonchev–Trinajstić information content (AvgIpc) is 2.81. The quantitative estimate of drug-likeness (QED) is 0.406. The second-order valence-corrected chi connectivity index (χ2v) is 10.7. The highest BCUT2D eigenvalue weighted by Gasteiger charge is 2.30. The van der Waals surface area contributed by atoms with Crippen LogP contribution in [0.4, 0.5) is 5.69 Å². The third-order valence-corrected chi connectivity index (χ3v) is 7.28. The Bertz CT molecular complexity index is 1110. The number of sulfonamides is 1. The van der Waals surface area contributed by atoms with Crippen molar-refractivity contribution in [3.63, 3.8) is 0 Å². The lowest BCUT2D eigenvalue weighted by Crippen LogP contribution is -2.51. The molecular weight excluding hydrogens is 513 g/mol. The maximum Gasteiger partial charge on any atom is 0.244 e. The first-order valence-electron chi connectivity index (χ1n) is 11.1. The van der Waals surface area contributed by atoms with Crippen LogP contribution in [0.2, 0.25) is 10.0 Å². The van der Waals surface area contributed by atoms with Crippen LogP contribution in [0.25, 0.3) is 0 Å². The molecule has 1 N–H and O–H groups in total. The minimum atomic E-state index is -3.83. The largest absolute Gasteiger partial charge is 0.497 e. The molecule has 0 aliphatic heterocycles. The van der Waals surface area contributed by atoms with Gasteiger partial charge in [-0.2, -0.15) is 0 Å². The van der Waals surface area contributed by atoms with Crippen molar-refractivity contribution in [3.05, 3.63) is 58.1 Å². The van der Waals surface area contributed by atoms with Crippen LogP contribution in [-0.4, -0.2) is 57.6 Å². The lowest BCUT2D eigenvalue weighted by molar-refractivity contribution is -0.139. The standard InChI is InChI=1S/C24H31Cl2N3O5S/c1-5-6-14-27-24(31)17(2)28(15-20-21(25)8-7-9-22(20)26)23(30)16-29(35(4,32)33)18-10-12-19(34-3)13-11-18/h7-13,17H,5-6,14-16H2,1-4H3,(H,27,31)/t17-/m0/s1. The van der Waals surface area contributed by atoms with Crippen LogP contribution in [0.1, 0.15) is 32.3 Å². The summed E-state index contributed by atoms with van der Waals surface area (Å²) < 4.78 is 31.3. The van der Waals surface area contributed by atoms with Gasteiger partial charge in [-0.1, -0.05) is 42.6 Å². The van der Waals surface area contributed by atoms with Gasteiger partial charge in [0.1, 0.15) is 18.3 Å². The normalized spacial score (nSPS) is 12.1. The SMILES string of the molecule is CCCCNC(=O)[C@H](C)N(Cc1c(Cl)cccc1Cl)C(=O)CN(c1ccc(OC)cc1)S(C)(=O)=O. The van der Waals surface area contributed by atoms with E-state index in [9.17, 15) is 18.0 Å². The number of halogens is 2. The maximum absolute atomic E-state index is 13.5. The lowest BCUT2D eigenvalue weighted by Gasteiger charge is -2.32. The molecule has 2 rings (SSSR count). The van der Waals surface area contributed by atoms with Crippen LogP contribution < -0.4 is 14.4 Å². The molecule has 1 atom stereocenters. The molecule has 0 unspecified atom stereocenters. The van der Waals surface area contributed by atoms with Crippen molar-refractivity contribution in [2.24, 2.45) is 0 Å². The Balaban J connectivity index is 2.40. The van der Waals surface area contributed by atoms with Gasteiger partial charge in [0, 0.05) is 28.7 Å². The Hall–Kier alpha value is -2.49. The van der Waals surface area contributed by atoms with E-state index in [0.717, 1.165) is 23.4 Å². The molecule has 0 saturated heterocycles. The van der Waals surface area contributed by atoms with Gasteiger partial charge in [0.25, 0.3) is 0 Å². The van der Waals surface area contributed by atoms with Gasteiger partial charge >= 0.3 is 0 Å². The number of benzene rings is 2. The van der Waals surface area contributed by atoms with Crippen LogP contribution >= 0.6 is 23.2 Å². The van der Waals surface area contributed by atoms with E-state index in [1.54, 1.807) is 49.4 Å². The summed E-state index contributed by atoms with van der Waals surface area (Å²) in [4.78, 5) is 27.6. The molecule has 8 nitrogen and oxygen atoms in total. The van der Waals surface area contributed by atoms with Crippen molar-refractivity contribution in [1.29, 1.82) is 0 Å². The second-order valence-electron chi connectivity index (χ2n) is 8.01. The van der Waals surface area contributed by atoms with E-state index in [-0.39, 0.29) is 18.1 Å². The van der Waals surface area contributed by atoms with Gasteiger partial charge in [0.05, 0.1) is 19.1 Å². The second kappa shape index (κ2) is 13.0. The van der Waals surface area contributed by atoms with Crippen LogP contribution in [-0.2, 0) is 26.2 Å². The summed E-state index contributed by atoms with van der Waals surface area (Å²) in [5, 5.41) is 3.49. The van der Waals surface area contributed by atoms with Crippen molar-refractivity contribution >= 4 is 50.7 Å². The summed E-state index contributed by atoms with van der Waals surface area (Å²) in [7, 11) is -2.33. The zero-order valence-electron chi connectivity index (χ0n) is 20.3. The molecule has 0 aromatic heterocycles. The molecule has 35 heavy (non-hydrogen) atoms. The lowest BCUT2D eigenvalue weighted by atomic mass is 10.1. The van der Waals surface area contributed by atoms with Crippen LogP contribution in [0.15, 0.2) is 42.5 Å². The van der Waals surface area contributed by atoms with Gasteiger partial charge in [-0.05, 0) is 49.7 Å². The van der Waals surface area contributed by atoms with Crippen molar-refractivity contribution in [2.45, 2.75) is 39.3 Å². The van der Waals surface area contributed by atoms with Gasteiger partial charge in [0.15, 0.2) is 0 Å². The van der Waals surface area contributed by atoms with E-state index in [2.05, 4.69) is 5.32 Å². The molecule has 0 aliphatic carbocycles. The number of ether oxygens (including phenoxy) is 1. The predicted molar refractivity (Wildman–Crippen MR) is 140 cm³/mol. The number of unbranched alkanes of at least 4 members (excludes halogenated alkanes) is 1. The molecule has 192 valence electrons. The van der Waals surface area contributed by atoms with Crippen LogP contribution in [0.3, 0.4) is 0 Å². The molecule has 2 amide bonds. The monoisotopic (exact) mass is 543 g/mol. The van der Waals surface area contributed by atoms with E-state index in [4.69, 9.17) is 27.9 Å². The highest BCUT2D eigenvalue weighted by molar-refractivity contribution is 7.92. The summed E-state index contributed by atoms with van der Waals surface area (Å²) >= 11 is 12.7. The Morgan fingerprint density at radius 2 is 1.69 bits per heavy atom. The fourth-order valence-corrected chi connectivity index (χ4v) is 4.70. The van der Waals surface area contributed by atoms with Gasteiger partial charge in [-0.25, -0.2) is 8.42 Å². The summed E-state index contributed by atoms with van der Waals surface area (Å²) in [6, 6.07) is 10.3. The molecule has 0 fully saturated rings. The Morgan fingerprint density at radius 3 is 2.20 bits per heavy atom. The van der Waals surface area contributed by atoms with Crippen molar-refractivity contribution < 1.29 is 22.7 Å². The number of nitrogens with zero attached hydrogens (tertiary/aromatic N) is 2. The number of hydrogen-bond acceptors (Lipinski definition) is 5. The fourth-order valence-electron chi connectivity index (χ4n) is 3.33. The molecule has 0 saturated carbocycles. The maximum atomic E-state index is 13.5. The Labute approximate surface area is 217 Å². The molecule has 0 spiro atoms. The molecule has 0 aliphatic rings. The summed E-state index contributed by atoms with van der Waals surface area (Å²) in [5.74, 6) is -0.397. The molecule has 0 radical (unpaired) electrons. The van der Waals surface area contributed by atoms with Crippen molar-refractivity contribution in [2.75, 3.05) is 30.8 Å². The van der Waals surface area contributed by atoms with Gasteiger partial charge in [-0.3, -0.25) is 13.9 Å². The Kier molecular flexibility index (Phi) is 10.7. The number of rotatable bonds is 12. The zero-order chi connectivity index (χ0) is 26.2. The van der Waals surface area contributed by atoms with Crippen LogP contribution in [0.5, 0.6) is 5.75 Å². The average molecular weight is 545 g/mol. The molecule has 0 heterocycles. The van der Waals surface area contributed by atoms with E-state index in [1.165, 1.54) is 12.0 Å². The number of nitrogens with one attached hydrogen (secondary N) is 1. The highest BCUT2D eigenvalue weighted by atomic mass is 35.5. The number of carbonyl (C=O) groups excluding carboxylic acids is 2. The minimum Gasteiger partial charge on any atom is -0.497 e. The third-order valence-electron chi connectivity index (χ3n) is 5.43. The molecule has 2 aromatic rings. The van der Waals surface area contributed by atoms with Crippen LogP contribution in [0, 0.1) is 0 Å². The number of hydrogen-bond donors (Lipinski definition) is 1. The smallest absolute Gasteiger partial charge is 0.244 e. The predicted octanol–water partition coefficient (Wildman–Crippen LogP) is 4.10. The van der Waals surface area contributed by atoms with E-state index in [1.807, 2.05) is 6.92 Å². The van der Waals surface area contributed by atoms with Gasteiger partial charge in [-0.15, -0.1) is 0 Å². The van der Waals surface area contributed by atoms with Crippen molar-refractivity contribution in [1.82, 2.24) is 10.2 Å². The summed E-state index contributed by atoms with van der Waals surface area (Å²) in [6.45, 7) is 3.47. The number of amides is 2. The van der Waals surface area contributed by atoms with E-state index >= 15 is 0 Å². The number of carbonyl (C=O) groups is 2. The molecule has 0 bridgehead atoms. The summed E-state index contributed by atoms with van der Waals surface area (Å²) in [5.41, 5.74) is 0.755. The minimum absolute atomic E-state index is 0.0695. The molecule has 11 heteroatoms. The highest BCUT2D eigenvalue weighted by Crippen LogP contribution is 2.27. The molecular formula is C24H31Cl2N3O5S. The van der Waals surface area contributed by atoms with Gasteiger partial charge < -0.3 is 15.0 Å². The van der Waals surface area contributed by atoms with E-state index in [0.29, 0.717) is 27.9 Å². The number of anilines is 1. The summed E-state index contributed by atoms with van der Waals surface area (Å²) in [6.07, 6.45) is 2.71. The first-order chi connectivity index (χ1) is 16.5. The molecule has 2 aromatic carbocycles. The topological polar surface area (TPSA) is 96.0 Å².